The molecule has 0 radical (unpaired) electrons. The zero-order valence-electron chi connectivity index (χ0n) is 13.0. The van der Waals surface area contributed by atoms with E-state index in [1.165, 1.54) is 12.8 Å². The van der Waals surface area contributed by atoms with Gasteiger partial charge in [-0.25, -0.2) is 0 Å². The van der Waals surface area contributed by atoms with Gasteiger partial charge in [-0.1, -0.05) is 37.3 Å². The number of benzene rings is 1. The highest BCUT2D eigenvalue weighted by Gasteiger charge is 2.23. The summed E-state index contributed by atoms with van der Waals surface area (Å²) >= 11 is 0. The summed E-state index contributed by atoms with van der Waals surface area (Å²) < 4.78 is 0. The van der Waals surface area contributed by atoms with Crippen LogP contribution in [0.15, 0.2) is 42.6 Å². The van der Waals surface area contributed by atoms with Gasteiger partial charge in [-0.2, -0.15) is 0 Å². The molecule has 2 N–H and O–H groups in total. The number of carbonyl (C=O) groups is 1. The third-order valence-electron chi connectivity index (χ3n) is 4.43. The molecule has 1 aromatic carbocycles. The molecule has 2 heterocycles. The van der Waals surface area contributed by atoms with E-state index < -0.39 is 0 Å². The highest BCUT2D eigenvalue weighted by Crippen LogP contribution is 2.19. The Hall–Kier alpha value is -2.07. The van der Waals surface area contributed by atoms with Crippen LogP contribution in [0.4, 0.5) is 0 Å². The minimum absolute atomic E-state index is 0.00128. The second-order valence-corrected chi connectivity index (χ2v) is 5.80. The fourth-order valence-corrected chi connectivity index (χ4v) is 3.17. The quantitative estimate of drug-likeness (QED) is 0.891. The molecule has 4 heteroatoms. The van der Waals surface area contributed by atoms with Crippen LogP contribution in [-0.4, -0.2) is 41.5 Å². The van der Waals surface area contributed by atoms with Crippen molar-refractivity contribution in [2.75, 3.05) is 19.6 Å². The summed E-state index contributed by atoms with van der Waals surface area (Å²) in [6.45, 7) is 5.12. The largest absolute Gasteiger partial charge is 0.360 e. The number of carbonyl (C=O) groups excluding carboxylic acids is 1. The van der Waals surface area contributed by atoms with Crippen molar-refractivity contribution in [3.8, 4) is 11.3 Å². The van der Waals surface area contributed by atoms with Crippen LogP contribution in [0.5, 0.6) is 0 Å². The molecule has 1 aliphatic heterocycles. The molecule has 1 amide bonds. The fourth-order valence-electron chi connectivity index (χ4n) is 3.17. The number of aromatic amines is 1. The van der Waals surface area contributed by atoms with Crippen LogP contribution in [0.1, 0.15) is 30.1 Å². The van der Waals surface area contributed by atoms with Gasteiger partial charge in [0.2, 0.25) is 0 Å². The lowest BCUT2D eigenvalue weighted by molar-refractivity contribution is 0.0941. The molecular formula is C18H23N3O. The van der Waals surface area contributed by atoms with E-state index in [-0.39, 0.29) is 5.91 Å². The fraction of sp³-hybridized carbons (Fsp3) is 0.389. The number of H-pyrrole nitrogens is 1. The number of hydrogen-bond donors (Lipinski definition) is 2. The average Bonchev–Trinajstić information content (AvgIpc) is 3.22. The number of nitrogens with zero attached hydrogens (tertiary/aromatic N) is 1. The van der Waals surface area contributed by atoms with Crippen LogP contribution < -0.4 is 5.32 Å². The Labute approximate surface area is 131 Å². The summed E-state index contributed by atoms with van der Waals surface area (Å²) in [6.07, 6.45) is 4.19. The van der Waals surface area contributed by atoms with Gasteiger partial charge in [0.1, 0.15) is 0 Å². The first-order valence-electron chi connectivity index (χ1n) is 8.04. The van der Waals surface area contributed by atoms with E-state index in [0.717, 1.165) is 30.9 Å². The molecule has 0 saturated carbocycles. The van der Waals surface area contributed by atoms with E-state index in [0.29, 0.717) is 11.6 Å². The second-order valence-electron chi connectivity index (χ2n) is 5.80. The molecule has 1 aliphatic rings. The highest BCUT2D eigenvalue weighted by molar-refractivity contribution is 5.95. The van der Waals surface area contributed by atoms with E-state index in [9.17, 15) is 4.79 Å². The molecule has 0 aliphatic carbocycles. The molecule has 1 aromatic heterocycles. The second kappa shape index (κ2) is 6.79. The Bertz CT molecular complexity index is 620. The third-order valence-corrected chi connectivity index (χ3v) is 4.43. The first-order chi connectivity index (χ1) is 10.8. The Balaban J connectivity index is 1.60. The number of nitrogens with one attached hydrogen (secondary N) is 2. The van der Waals surface area contributed by atoms with Gasteiger partial charge in [-0.05, 0) is 37.6 Å². The summed E-state index contributed by atoms with van der Waals surface area (Å²) in [7, 11) is 0. The van der Waals surface area contributed by atoms with Crippen molar-refractivity contribution in [1.82, 2.24) is 15.2 Å². The molecule has 3 rings (SSSR count). The van der Waals surface area contributed by atoms with Gasteiger partial charge in [-0.3, -0.25) is 9.69 Å². The van der Waals surface area contributed by atoms with Gasteiger partial charge in [0.25, 0.3) is 5.91 Å². The maximum absolute atomic E-state index is 12.3. The molecule has 2 aromatic rings. The molecular weight excluding hydrogens is 274 g/mol. The lowest BCUT2D eigenvalue weighted by atomic mass is 10.1. The summed E-state index contributed by atoms with van der Waals surface area (Å²) in [5.74, 6) is 0.00128. The number of likely N-dealkylation sites (N-methyl/N-ethyl adjacent to an activating group) is 1. The van der Waals surface area contributed by atoms with E-state index in [4.69, 9.17) is 0 Å². The molecule has 4 nitrogen and oxygen atoms in total. The van der Waals surface area contributed by atoms with E-state index in [1.807, 2.05) is 36.4 Å². The van der Waals surface area contributed by atoms with Crippen molar-refractivity contribution in [2.24, 2.45) is 0 Å². The maximum Gasteiger partial charge on any atom is 0.252 e. The lowest BCUT2D eigenvalue weighted by Gasteiger charge is -2.22. The number of amides is 1. The van der Waals surface area contributed by atoms with E-state index in [2.05, 4.69) is 22.1 Å². The van der Waals surface area contributed by atoms with Crippen molar-refractivity contribution in [2.45, 2.75) is 25.8 Å². The average molecular weight is 297 g/mol. The summed E-state index contributed by atoms with van der Waals surface area (Å²) in [5, 5.41) is 3.07. The number of rotatable bonds is 5. The lowest BCUT2D eigenvalue weighted by Crippen LogP contribution is -2.39. The van der Waals surface area contributed by atoms with Crippen LogP contribution in [0.25, 0.3) is 11.3 Å². The van der Waals surface area contributed by atoms with Gasteiger partial charge in [0.15, 0.2) is 0 Å². The Morgan fingerprint density at radius 3 is 2.95 bits per heavy atom. The topological polar surface area (TPSA) is 48.1 Å². The minimum Gasteiger partial charge on any atom is -0.360 e. The maximum atomic E-state index is 12.3. The van der Waals surface area contributed by atoms with Crippen molar-refractivity contribution < 1.29 is 4.79 Å². The Kier molecular flexibility index (Phi) is 4.59. The summed E-state index contributed by atoms with van der Waals surface area (Å²) in [5.41, 5.74) is 2.76. The standard InChI is InChI=1S/C18H23N3O/c1-2-21-10-6-9-16(21)13-20-18(22)15-11-17(19-12-15)14-7-4-3-5-8-14/h3-5,7-8,11-12,16,19H,2,6,9-10,13H2,1H3,(H,20,22). The first-order valence-corrected chi connectivity index (χ1v) is 8.04. The molecule has 1 saturated heterocycles. The molecule has 1 atom stereocenters. The Morgan fingerprint density at radius 1 is 1.36 bits per heavy atom. The van der Waals surface area contributed by atoms with Gasteiger partial charge in [-0.15, -0.1) is 0 Å². The van der Waals surface area contributed by atoms with Gasteiger partial charge in [0, 0.05) is 24.5 Å². The monoisotopic (exact) mass is 297 g/mol. The zero-order valence-corrected chi connectivity index (χ0v) is 13.0. The van der Waals surface area contributed by atoms with Crippen molar-refractivity contribution >= 4 is 5.91 Å². The summed E-state index contributed by atoms with van der Waals surface area (Å²) in [4.78, 5) is 17.9. The number of likely N-dealkylation sites (tertiary alicyclic amines) is 1. The SMILES string of the molecule is CCN1CCCC1CNC(=O)c1c[nH]c(-c2ccccc2)c1. The van der Waals surface area contributed by atoms with Gasteiger partial charge >= 0.3 is 0 Å². The van der Waals surface area contributed by atoms with Crippen LogP contribution in [0.3, 0.4) is 0 Å². The van der Waals surface area contributed by atoms with Crippen molar-refractivity contribution in [3.05, 3.63) is 48.2 Å². The highest BCUT2D eigenvalue weighted by atomic mass is 16.1. The molecule has 0 spiro atoms. The normalized spacial score (nSPS) is 18.5. The molecule has 22 heavy (non-hydrogen) atoms. The van der Waals surface area contributed by atoms with Crippen molar-refractivity contribution in [1.29, 1.82) is 0 Å². The van der Waals surface area contributed by atoms with Gasteiger partial charge < -0.3 is 10.3 Å². The smallest absolute Gasteiger partial charge is 0.252 e. The first kappa shape index (κ1) is 14.9. The number of hydrogen-bond acceptors (Lipinski definition) is 2. The molecule has 116 valence electrons. The van der Waals surface area contributed by atoms with Crippen LogP contribution >= 0.6 is 0 Å². The van der Waals surface area contributed by atoms with Crippen molar-refractivity contribution in [3.63, 3.8) is 0 Å². The molecule has 1 unspecified atom stereocenters. The predicted octanol–water partition coefficient (Wildman–Crippen LogP) is 2.90. The third kappa shape index (κ3) is 3.22. The summed E-state index contributed by atoms with van der Waals surface area (Å²) in [6, 6.07) is 12.4. The molecule has 0 bridgehead atoms. The predicted molar refractivity (Wildman–Crippen MR) is 88.8 cm³/mol. The minimum atomic E-state index is 0.00128. The van der Waals surface area contributed by atoms with Crippen LogP contribution in [0, 0.1) is 0 Å². The zero-order chi connectivity index (χ0) is 15.4. The van der Waals surface area contributed by atoms with E-state index in [1.54, 1.807) is 6.20 Å². The number of aromatic nitrogens is 1. The van der Waals surface area contributed by atoms with Crippen LogP contribution in [0.2, 0.25) is 0 Å². The van der Waals surface area contributed by atoms with Gasteiger partial charge in [0.05, 0.1) is 5.56 Å². The molecule has 1 fully saturated rings. The van der Waals surface area contributed by atoms with E-state index >= 15 is 0 Å². The van der Waals surface area contributed by atoms with Crippen LogP contribution in [-0.2, 0) is 0 Å². The Morgan fingerprint density at radius 2 is 2.18 bits per heavy atom.